The molecule has 0 unspecified atom stereocenters. The third-order valence-electron chi connectivity index (χ3n) is 10.9. The standard InChI is InChI=1S/3C18H34O2.Ti/c3*1-2-3-4-5-6-7-8-9-10-11-12-13-14-15-16-17-18(19)20;/h3*9-10H,2-8,11-17H2,1H3,(H,19,20);/q;;;+3/p-3/b3*10-9-;. The van der Waals surface area contributed by atoms with Crippen molar-refractivity contribution in [3.05, 3.63) is 36.5 Å². The van der Waals surface area contributed by atoms with E-state index < -0.39 is 17.9 Å². The fraction of sp³-hybridized carbons (Fsp3) is 0.833. The number of aliphatic carboxylic acids is 3. The van der Waals surface area contributed by atoms with E-state index in [1.807, 2.05) is 0 Å². The Morgan fingerprint density at radius 2 is 0.410 bits per heavy atom. The maximum Gasteiger partial charge on any atom is 3.00 e. The predicted octanol–water partition coefficient (Wildman–Crippen LogP) is 14.3. The van der Waals surface area contributed by atoms with Gasteiger partial charge in [-0.2, -0.15) is 0 Å². The zero-order chi connectivity index (χ0) is 44.7. The molecule has 6 nitrogen and oxygen atoms in total. The Kier molecular flexibility index (Phi) is 67.7. The van der Waals surface area contributed by atoms with Crippen molar-refractivity contribution in [3.8, 4) is 0 Å². The summed E-state index contributed by atoms with van der Waals surface area (Å²) in [5.74, 6) is -2.74. The van der Waals surface area contributed by atoms with Gasteiger partial charge in [-0.15, -0.1) is 0 Å². The molecule has 0 bridgehead atoms. The van der Waals surface area contributed by atoms with Gasteiger partial charge in [0.1, 0.15) is 0 Å². The van der Waals surface area contributed by atoms with Crippen molar-refractivity contribution in [2.45, 2.75) is 290 Å². The number of carboxylic acids is 3. The summed E-state index contributed by atoms with van der Waals surface area (Å²) in [4.78, 5) is 30.6. The van der Waals surface area contributed by atoms with Crippen molar-refractivity contribution in [2.24, 2.45) is 0 Å². The number of hydrogen-bond donors (Lipinski definition) is 0. The molecule has 0 aliphatic heterocycles. The third-order valence-corrected chi connectivity index (χ3v) is 10.9. The topological polar surface area (TPSA) is 120 Å². The van der Waals surface area contributed by atoms with E-state index in [2.05, 4.69) is 57.2 Å². The van der Waals surface area contributed by atoms with Gasteiger partial charge in [0.2, 0.25) is 0 Å². The fourth-order valence-electron chi connectivity index (χ4n) is 7.02. The smallest absolute Gasteiger partial charge is 0.550 e. The predicted molar refractivity (Wildman–Crippen MR) is 253 cm³/mol. The molecule has 7 heteroatoms. The molecule has 0 amide bonds. The Morgan fingerprint density at radius 3 is 0.574 bits per heavy atom. The molecule has 0 N–H and O–H groups in total. The first kappa shape index (κ1) is 66.0. The van der Waals surface area contributed by atoms with E-state index in [9.17, 15) is 29.7 Å². The number of unbranched alkanes of at least 4 members (excludes halogenated alkanes) is 33. The van der Waals surface area contributed by atoms with Crippen molar-refractivity contribution < 1.29 is 51.4 Å². The molecule has 0 aliphatic rings. The normalized spacial score (nSPS) is 11.1. The first-order valence-electron chi connectivity index (χ1n) is 25.9. The molecule has 0 spiro atoms. The summed E-state index contributed by atoms with van der Waals surface area (Å²) in [7, 11) is 0. The van der Waals surface area contributed by atoms with Crippen molar-refractivity contribution >= 4 is 17.9 Å². The van der Waals surface area contributed by atoms with Gasteiger partial charge in [0.15, 0.2) is 0 Å². The van der Waals surface area contributed by atoms with E-state index in [0.29, 0.717) is 0 Å². The second-order valence-corrected chi connectivity index (χ2v) is 17.1. The molecule has 0 fully saturated rings. The molecule has 0 aliphatic carbocycles. The summed E-state index contributed by atoms with van der Waals surface area (Å²) in [6.07, 6.45) is 62.7. The van der Waals surface area contributed by atoms with Crippen LogP contribution in [0.5, 0.6) is 0 Å². The monoisotopic (exact) mass is 892 g/mol. The number of hydrogen-bond acceptors (Lipinski definition) is 6. The molecule has 0 heterocycles. The molecule has 355 valence electrons. The van der Waals surface area contributed by atoms with E-state index in [1.165, 1.54) is 193 Å². The van der Waals surface area contributed by atoms with Gasteiger partial charge >= 0.3 is 21.7 Å². The molecule has 0 saturated heterocycles. The number of carbonyl (C=O) groups is 3. The van der Waals surface area contributed by atoms with Gasteiger partial charge in [0.25, 0.3) is 0 Å². The molecular formula is C54H99O6Ti. The second-order valence-electron chi connectivity index (χ2n) is 17.1. The van der Waals surface area contributed by atoms with Crippen LogP contribution in [0.4, 0.5) is 0 Å². The molecule has 61 heavy (non-hydrogen) atoms. The number of rotatable bonds is 45. The van der Waals surface area contributed by atoms with E-state index in [0.717, 1.165) is 57.8 Å². The summed E-state index contributed by atoms with van der Waals surface area (Å²) in [5.41, 5.74) is 0. The first-order chi connectivity index (χ1) is 29.3. The van der Waals surface area contributed by atoms with Gasteiger partial charge in [0.05, 0.1) is 0 Å². The van der Waals surface area contributed by atoms with Crippen LogP contribution in [0.25, 0.3) is 0 Å². The van der Waals surface area contributed by atoms with Gasteiger partial charge < -0.3 is 29.7 Å². The number of carboxylic acid groups (broad SMARTS) is 3. The summed E-state index contributed by atoms with van der Waals surface area (Å²) in [6.45, 7) is 6.77. The Balaban J connectivity index is -0.000000396. The maximum absolute atomic E-state index is 10.2. The Morgan fingerprint density at radius 1 is 0.262 bits per heavy atom. The van der Waals surface area contributed by atoms with Crippen molar-refractivity contribution in [3.63, 3.8) is 0 Å². The summed E-state index contributed by atoms with van der Waals surface area (Å²) >= 11 is 0. The van der Waals surface area contributed by atoms with E-state index in [4.69, 9.17) is 0 Å². The fourth-order valence-corrected chi connectivity index (χ4v) is 7.02. The van der Waals surface area contributed by atoms with Crippen molar-refractivity contribution in [2.75, 3.05) is 0 Å². The number of carbonyl (C=O) groups excluding carboxylic acids is 3. The van der Waals surface area contributed by atoms with Crippen LogP contribution in [0.15, 0.2) is 36.5 Å². The van der Waals surface area contributed by atoms with Crippen LogP contribution in [-0.2, 0) is 36.1 Å². The zero-order valence-corrected chi connectivity index (χ0v) is 42.2. The van der Waals surface area contributed by atoms with Gasteiger partial charge in [0, 0.05) is 17.9 Å². The first-order valence-corrected chi connectivity index (χ1v) is 25.9. The van der Waals surface area contributed by atoms with Crippen molar-refractivity contribution in [1.29, 1.82) is 0 Å². The molecular weight excluding hydrogens is 792 g/mol. The summed E-state index contributed by atoms with van der Waals surface area (Å²) in [6, 6.07) is 0. The molecule has 0 aromatic rings. The van der Waals surface area contributed by atoms with Crippen LogP contribution in [-0.4, -0.2) is 17.9 Å². The van der Waals surface area contributed by atoms with Crippen LogP contribution in [0, 0.1) is 0 Å². The van der Waals surface area contributed by atoms with Crippen LogP contribution in [0.2, 0.25) is 0 Å². The maximum atomic E-state index is 10.2. The van der Waals surface area contributed by atoms with Gasteiger partial charge in [-0.25, -0.2) is 0 Å². The average molecular weight is 892 g/mol. The van der Waals surface area contributed by atoms with E-state index >= 15 is 0 Å². The molecule has 0 rings (SSSR count). The SMILES string of the molecule is CCCCCCCC/C=C\CCCCCCCC(=O)[O-].CCCCCCCC/C=C\CCCCCCCC(=O)[O-].CCCCCCCC/C=C\CCCCCCCC(=O)[O-].[Ti+3]. The average Bonchev–Trinajstić information content (AvgIpc) is 3.22. The Hall–Kier alpha value is -1.66. The minimum atomic E-state index is -0.914. The Bertz CT molecular complexity index is 827. The van der Waals surface area contributed by atoms with Gasteiger partial charge in [-0.05, 0) is 116 Å². The van der Waals surface area contributed by atoms with Gasteiger partial charge in [-0.3, -0.25) is 0 Å². The summed E-state index contributed by atoms with van der Waals surface area (Å²) < 4.78 is 0. The summed E-state index contributed by atoms with van der Waals surface area (Å²) in [5, 5.41) is 30.6. The largest absolute Gasteiger partial charge is 3.00 e. The molecule has 0 saturated carbocycles. The minimum Gasteiger partial charge on any atom is -0.550 e. The molecule has 0 atom stereocenters. The minimum absolute atomic E-state index is 0. The van der Waals surface area contributed by atoms with Gasteiger partial charge in [-0.1, -0.05) is 211 Å². The van der Waals surface area contributed by atoms with Crippen LogP contribution >= 0.6 is 0 Å². The van der Waals surface area contributed by atoms with E-state index in [-0.39, 0.29) is 41.0 Å². The molecule has 0 aromatic heterocycles. The second kappa shape index (κ2) is 62.6. The van der Waals surface area contributed by atoms with Crippen LogP contribution < -0.4 is 15.3 Å². The van der Waals surface area contributed by atoms with E-state index in [1.54, 1.807) is 0 Å². The van der Waals surface area contributed by atoms with Crippen LogP contribution in [0.1, 0.15) is 290 Å². The quantitative estimate of drug-likeness (QED) is 0.0341. The Labute approximate surface area is 394 Å². The van der Waals surface area contributed by atoms with Crippen LogP contribution in [0.3, 0.4) is 0 Å². The molecule has 1 radical (unpaired) electrons. The molecule has 0 aromatic carbocycles. The zero-order valence-electron chi connectivity index (χ0n) is 40.6. The van der Waals surface area contributed by atoms with Crippen molar-refractivity contribution in [1.82, 2.24) is 0 Å². The number of allylic oxidation sites excluding steroid dienone is 6. The third kappa shape index (κ3) is 76.1.